The Labute approximate surface area is 224 Å². The third-order valence-corrected chi connectivity index (χ3v) is 6.21. The summed E-state index contributed by atoms with van der Waals surface area (Å²) < 4.78 is 5.30. The summed E-state index contributed by atoms with van der Waals surface area (Å²) in [5.74, 6) is 0.789. The number of ether oxygens (including phenoxy) is 1. The van der Waals surface area contributed by atoms with Crippen LogP contribution in [0.3, 0.4) is 0 Å². The summed E-state index contributed by atoms with van der Waals surface area (Å²) in [4.78, 5) is 53.0. The first-order chi connectivity index (χ1) is 18.0. The number of hydrogen-bond acceptors (Lipinski definition) is 6. The van der Waals surface area contributed by atoms with Gasteiger partial charge in [0.25, 0.3) is 0 Å². The number of hydrogen-bond donors (Lipinski definition) is 4. The molecule has 0 spiro atoms. The number of terminal acetylenes is 1. The number of aliphatic hydroxyl groups is 1. The average molecular weight is 529 g/mol. The Bertz CT molecular complexity index is 1020. The molecule has 0 saturated heterocycles. The van der Waals surface area contributed by atoms with Gasteiger partial charge in [-0.3, -0.25) is 14.4 Å². The maximum Gasteiger partial charge on any atom is 0.408 e. The van der Waals surface area contributed by atoms with Gasteiger partial charge in [0, 0.05) is 24.6 Å². The summed E-state index contributed by atoms with van der Waals surface area (Å²) >= 11 is 0. The largest absolute Gasteiger partial charge is 0.444 e. The van der Waals surface area contributed by atoms with Crippen molar-refractivity contribution in [3.05, 3.63) is 35.4 Å². The van der Waals surface area contributed by atoms with Gasteiger partial charge >= 0.3 is 6.09 Å². The average Bonchev–Trinajstić information content (AvgIpc) is 2.85. The second-order valence-electron chi connectivity index (χ2n) is 10.4. The van der Waals surface area contributed by atoms with E-state index in [0.717, 1.165) is 32.1 Å². The van der Waals surface area contributed by atoms with Gasteiger partial charge in [-0.25, -0.2) is 4.79 Å². The van der Waals surface area contributed by atoms with E-state index < -0.39 is 48.1 Å². The molecular formula is C28H40N4O6. The number of carbonyl (C=O) groups excluding carboxylic acids is 4. The third kappa shape index (κ3) is 9.38. The highest BCUT2D eigenvalue weighted by molar-refractivity contribution is 5.93. The highest BCUT2D eigenvalue weighted by Gasteiger charge is 2.37. The van der Waals surface area contributed by atoms with Crippen molar-refractivity contribution < 1.29 is 29.0 Å². The summed E-state index contributed by atoms with van der Waals surface area (Å²) in [6, 6.07) is 4.30. The van der Waals surface area contributed by atoms with Gasteiger partial charge in [0.2, 0.25) is 17.7 Å². The molecule has 0 aromatic heterocycles. The normalized spacial score (nSPS) is 15.4. The number of benzene rings is 1. The lowest BCUT2D eigenvalue weighted by molar-refractivity contribution is -0.143. The van der Waals surface area contributed by atoms with Crippen LogP contribution < -0.4 is 16.4 Å². The van der Waals surface area contributed by atoms with Crippen molar-refractivity contribution >= 4 is 23.8 Å². The fraction of sp³-hybridized carbons (Fsp3) is 0.571. The van der Waals surface area contributed by atoms with Crippen molar-refractivity contribution in [2.24, 2.45) is 5.73 Å². The van der Waals surface area contributed by atoms with Crippen LogP contribution in [0.1, 0.15) is 82.9 Å². The molecule has 2 rings (SSSR count). The number of alkyl carbamates (subject to hydrolysis) is 1. The van der Waals surface area contributed by atoms with Gasteiger partial charge in [-0.2, -0.15) is 0 Å². The van der Waals surface area contributed by atoms with Gasteiger partial charge < -0.3 is 31.1 Å². The van der Waals surface area contributed by atoms with Gasteiger partial charge in [0.05, 0.1) is 6.61 Å². The van der Waals surface area contributed by atoms with Crippen molar-refractivity contribution in [3.63, 3.8) is 0 Å². The van der Waals surface area contributed by atoms with Crippen molar-refractivity contribution in [1.82, 2.24) is 15.5 Å². The van der Waals surface area contributed by atoms with Crippen LogP contribution in [-0.2, 0) is 19.1 Å². The Morgan fingerprint density at radius 1 is 1.18 bits per heavy atom. The minimum Gasteiger partial charge on any atom is -0.444 e. The van der Waals surface area contributed by atoms with E-state index in [4.69, 9.17) is 16.9 Å². The molecule has 4 amide bonds. The fourth-order valence-corrected chi connectivity index (χ4v) is 4.51. The van der Waals surface area contributed by atoms with E-state index in [-0.39, 0.29) is 25.4 Å². The second-order valence-corrected chi connectivity index (χ2v) is 10.4. The molecule has 10 nitrogen and oxygen atoms in total. The second kappa shape index (κ2) is 14.4. The standard InChI is InChI=1S/C28H40N4O6/c1-5-19-11-9-10-14-21(19)24(25(35)30-20-12-7-6-8-13-20)32(17-18-33)26(36)22(15-16-23(29)34)31-27(37)38-28(2,3)4/h1,9-11,14,20,22,24,33H,6-8,12-13,15-18H2,2-4H3,(H2,29,34)(H,30,35)(H,31,37). The monoisotopic (exact) mass is 528 g/mol. The molecule has 1 aliphatic rings. The molecule has 0 aliphatic heterocycles. The Morgan fingerprint density at radius 2 is 1.84 bits per heavy atom. The van der Waals surface area contributed by atoms with Crippen LogP contribution in [0.25, 0.3) is 0 Å². The van der Waals surface area contributed by atoms with E-state index in [0.29, 0.717) is 11.1 Å². The zero-order valence-corrected chi connectivity index (χ0v) is 22.5. The molecule has 0 radical (unpaired) electrons. The van der Waals surface area contributed by atoms with Crippen molar-refractivity contribution in [3.8, 4) is 12.3 Å². The number of carbonyl (C=O) groups is 4. The summed E-state index contributed by atoms with van der Waals surface area (Å²) in [7, 11) is 0. The Kier molecular flexibility index (Phi) is 11.6. The predicted octanol–water partition coefficient (Wildman–Crippen LogP) is 2.14. The molecule has 0 bridgehead atoms. The summed E-state index contributed by atoms with van der Waals surface area (Å²) in [5, 5.41) is 15.5. The molecule has 1 saturated carbocycles. The van der Waals surface area contributed by atoms with E-state index >= 15 is 0 Å². The molecular weight excluding hydrogens is 488 g/mol. The van der Waals surface area contributed by atoms with E-state index in [9.17, 15) is 24.3 Å². The molecule has 208 valence electrons. The first-order valence-electron chi connectivity index (χ1n) is 13.0. The number of nitrogens with zero attached hydrogens (tertiary/aromatic N) is 1. The Morgan fingerprint density at radius 3 is 2.42 bits per heavy atom. The number of nitrogens with one attached hydrogen (secondary N) is 2. The summed E-state index contributed by atoms with van der Waals surface area (Å²) in [6.07, 6.45) is 9.28. The molecule has 0 heterocycles. The maximum absolute atomic E-state index is 13.9. The van der Waals surface area contributed by atoms with Gasteiger partial charge in [0.15, 0.2) is 0 Å². The topological polar surface area (TPSA) is 151 Å². The zero-order valence-electron chi connectivity index (χ0n) is 22.5. The molecule has 1 aromatic carbocycles. The number of amides is 4. The van der Waals surface area contributed by atoms with Gasteiger partial charge in [0.1, 0.15) is 17.7 Å². The van der Waals surface area contributed by atoms with Crippen LogP contribution in [-0.4, -0.2) is 64.7 Å². The molecule has 5 N–H and O–H groups in total. The van der Waals surface area contributed by atoms with Crippen LogP contribution in [0, 0.1) is 12.3 Å². The van der Waals surface area contributed by atoms with Crippen LogP contribution in [0.2, 0.25) is 0 Å². The fourth-order valence-electron chi connectivity index (χ4n) is 4.51. The molecule has 1 fully saturated rings. The SMILES string of the molecule is C#Cc1ccccc1C(C(=O)NC1CCCCC1)N(CCO)C(=O)C(CCC(N)=O)NC(=O)OC(C)(C)C. The van der Waals surface area contributed by atoms with E-state index in [1.807, 2.05) is 0 Å². The van der Waals surface area contributed by atoms with Crippen LogP contribution in [0.15, 0.2) is 24.3 Å². The highest BCUT2D eigenvalue weighted by Crippen LogP contribution is 2.27. The van der Waals surface area contributed by atoms with E-state index in [1.54, 1.807) is 45.0 Å². The smallest absolute Gasteiger partial charge is 0.408 e. The Hall–Kier alpha value is -3.58. The molecule has 10 heteroatoms. The number of aliphatic hydroxyl groups excluding tert-OH is 1. The highest BCUT2D eigenvalue weighted by atomic mass is 16.6. The number of nitrogens with two attached hydrogens (primary N) is 1. The van der Waals surface area contributed by atoms with Gasteiger partial charge in [-0.1, -0.05) is 43.4 Å². The quantitative estimate of drug-likeness (QED) is 0.323. The van der Waals surface area contributed by atoms with Crippen molar-refractivity contribution in [2.45, 2.75) is 89.4 Å². The van der Waals surface area contributed by atoms with Crippen molar-refractivity contribution in [1.29, 1.82) is 0 Å². The number of rotatable bonds is 11. The molecule has 2 atom stereocenters. The summed E-state index contributed by atoms with van der Waals surface area (Å²) in [5.41, 5.74) is 5.31. The van der Waals surface area contributed by atoms with E-state index in [1.165, 1.54) is 4.90 Å². The van der Waals surface area contributed by atoms with Gasteiger partial charge in [-0.15, -0.1) is 6.42 Å². The minimum absolute atomic E-state index is 0.0478. The first-order valence-corrected chi connectivity index (χ1v) is 13.0. The van der Waals surface area contributed by atoms with Crippen LogP contribution >= 0.6 is 0 Å². The first kappa shape index (κ1) is 30.6. The third-order valence-electron chi connectivity index (χ3n) is 6.21. The zero-order chi connectivity index (χ0) is 28.3. The molecule has 1 aromatic rings. The molecule has 1 aliphatic carbocycles. The van der Waals surface area contributed by atoms with Crippen LogP contribution in [0.4, 0.5) is 4.79 Å². The maximum atomic E-state index is 13.9. The van der Waals surface area contributed by atoms with E-state index in [2.05, 4.69) is 16.6 Å². The van der Waals surface area contributed by atoms with Crippen molar-refractivity contribution in [2.75, 3.05) is 13.2 Å². The lowest BCUT2D eigenvalue weighted by Gasteiger charge is -2.35. The summed E-state index contributed by atoms with van der Waals surface area (Å²) in [6.45, 7) is 4.35. The minimum atomic E-state index is -1.24. The molecule has 38 heavy (non-hydrogen) atoms. The predicted molar refractivity (Wildman–Crippen MR) is 143 cm³/mol. The lowest BCUT2D eigenvalue weighted by atomic mass is 9.93. The lowest BCUT2D eigenvalue weighted by Crippen LogP contribution is -2.54. The van der Waals surface area contributed by atoms with Gasteiger partial charge in [-0.05, 0) is 51.7 Å². The number of primary amides is 1. The molecule has 2 unspecified atom stereocenters. The van der Waals surface area contributed by atoms with Crippen LogP contribution in [0.5, 0.6) is 0 Å². The Balaban J connectivity index is 2.48.